The van der Waals surface area contributed by atoms with Gasteiger partial charge in [0.05, 0.1) is 32.4 Å². The van der Waals surface area contributed by atoms with E-state index in [4.69, 9.17) is 20.3 Å². The third-order valence-corrected chi connectivity index (χ3v) is 2.12. The fraction of sp³-hybridized carbons (Fsp3) is 0.400. The summed E-state index contributed by atoms with van der Waals surface area (Å²) in [6.45, 7) is -0.268. The molecule has 0 saturated carbocycles. The molecule has 0 aliphatic rings. The quantitative estimate of drug-likeness (QED) is 0.674. The number of rotatable bonds is 4. The van der Waals surface area contributed by atoms with Gasteiger partial charge in [0.25, 0.3) is 0 Å². The number of hydrogen-bond acceptors (Lipinski definition) is 5. The van der Waals surface area contributed by atoms with Crippen LogP contribution in [-0.4, -0.2) is 31.0 Å². The first kappa shape index (κ1) is 11.6. The highest BCUT2D eigenvalue weighted by atomic mass is 16.5. The minimum absolute atomic E-state index is 0.0484. The summed E-state index contributed by atoms with van der Waals surface area (Å²) < 4.78 is 10.0. The molecular weight excluding hydrogens is 198 g/mol. The summed E-state index contributed by atoms with van der Waals surface area (Å²) in [7, 11) is 2.95. The molecular formula is C10H15NO4. The molecule has 0 heterocycles. The topological polar surface area (TPSA) is 84.9 Å². The Labute approximate surface area is 88.0 Å². The highest BCUT2D eigenvalue weighted by Gasteiger charge is 2.17. The first-order valence-electron chi connectivity index (χ1n) is 4.45. The molecule has 84 valence electrons. The SMILES string of the molecule is COc1cc(O)c(C(N)CO)c(OC)c1. The Morgan fingerprint density at radius 3 is 2.47 bits per heavy atom. The Balaban J connectivity index is 3.24. The van der Waals surface area contributed by atoms with Crippen molar-refractivity contribution in [3.05, 3.63) is 17.7 Å². The summed E-state index contributed by atoms with van der Waals surface area (Å²) in [6.07, 6.45) is 0. The minimum atomic E-state index is -0.675. The van der Waals surface area contributed by atoms with Crippen molar-refractivity contribution in [1.82, 2.24) is 0 Å². The number of nitrogens with two attached hydrogens (primary N) is 1. The second kappa shape index (κ2) is 4.86. The number of hydrogen-bond donors (Lipinski definition) is 3. The molecule has 0 amide bonds. The third kappa shape index (κ3) is 2.31. The zero-order chi connectivity index (χ0) is 11.4. The van der Waals surface area contributed by atoms with Crippen LogP contribution in [0.25, 0.3) is 0 Å². The van der Waals surface area contributed by atoms with Gasteiger partial charge in [0.2, 0.25) is 0 Å². The molecule has 1 aromatic carbocycles. The first-order chi connectivity index (χ1) is 7.13. The molecule has 0 bridgehead atoms. The minimum Gasteiger partial charge on any atom is -0.507 e. The average Bonchev–Trinajstić information content (AvgIpc) is 2.26. The van der Waals surface area contributed by atoms with Crippen LogP contribution in [-0.2, 0) is 0 Å². The lowest BCUT2D eigenvalue weighted by Gasteiger charge is -2.16. The van der Waals surface area contributed by atoms with E-state index in [1.807, 2.05) is 0 Å². The summed E-state index contributed by atoms with van der Waals surface area (Å²) >= 11 is 0. The van der Waals surface area contributed by atoms with Crippen molar-refractivity contribution in [3.63, 3.8) is 0 Å². The number of methoxy groups -OCH3 is 2. The van der Waals surface area contributed by atoms with E-state index in [-0.39, 0.29) is 12.4 Å². The number of aliphatic hydroxyl groups excluding tert-OH is 1. The van der Waals surface area contributed by atoms with Gasteiger partial charge in [-0.1, -0.05) is 0 Å². The van der Waals surface area contributed by atoms with Crippen LogP contribution >= 0.6 is 0 Å². The average molecular weight is 213 g/mol. The maximum atomic E-state index is 9.68. The Bertz CT molecular complexity index is 340. The van der Waals surface area contributed by atoms with E-state index in [0.29, 0.717) is 17.1 Å². The normalized spacial score (nSPS) is 12.3. The van der Waals surface area contributed by atoms with Gasteiger partial charge in [0.1, 0.15) is 17.2 Å². The van der Waals surface area contributed by atoms with E-state index in [1.165, 1.54) is 20.3 Å². The molecule has 1 rings (SSSR count). The summed E-state index contributed by atoms with van der Waals surface area (Å²) in [5.41, 5.74) is 6.01. The molecule has 1 unspecified atom stereocenters. The van der Waals surface area contributed by atoms with Crippen LogP contribution in [0.4, 0.5) is 0 Å². The fourth-order valence-corrected chi connectivity index (χ4v) is 1.34. The summed E-state index contributed by atoms with van der Waals surface area (Å²) in [5, 5.41) is 18.6. The number of phenolic OH excluding ortho intramolecular Hbond substituents is 1. The summed E-state index contributed by atoms with van der Waals surface area (Å²) in [4.78, 5) is 0. The van der Waals surface area contributed by atoms with Crippen molar-refractivity contribution >= 4 is 0 Å². The van der Waals surface area contributed by atoms with Gasteiger partial charge in [-0.2, -0.15) is 0 Å². The monoisotopic (exact) mass is 213 g/mol. The number of phenols is 1. The zero-order valence-electron chi connectivity index (χ0n) is 8.73. The number of benzene rings is 1. The molecule has 5 nitrogen and oxygen atoms in total. The number of aromatic hydroxyl groups is 1. The smallest absolute Gasteiger partial charge is 0.131 e. The van der Waals surface area contributed by atoms with Crippen molar-refractivity contribution in [2.45, 2.75) is 6.04 Å². The van der Waals surface area contributed by atoms with Gasteiger partial charge >= 0.3 is 0 Å². The summed E-state index contributed by atoms with van der Waals surface area (Å²) in [6, 6.07) is 2.35. The van der Waals surface area contributed by atoms with E-state index < -0.39 is 6.04 Å². The zero-order valence-corrected chi connectivity index (χ0v) is 8.73. The van der Waals surface area contributed by atoms with Gasteiger partial charge in [-0.25, -0.2) is 0 Å². The predicted molar refractivity (Wildman–Crippen MR) is 55.2 cm³/mol. The molecule has 5 heteroatoms. The lowest BCUT2D eigenvalue weighted by atomic mass is 10.1. The molecule has 0 aliphatic carbocycles. The van der Waals surface area contributed by atoms with Gasteiger partial charge in [0, 0.05) is 12.1 Å². The lowest BCUT2D eigenvalue weighted by molar-refractivity contribution is 0.261. The van der Waals surface area contributed by atoms with E-state index in [2.05, 4.69) is 0 Å². The van der Waals surface area contributed by atoms with Gasteiger partial charge in [-0.15, -0.1) is 0 Å². The number of ether oxygens (including phenoxy) is 2. The van der Waals surface area contributed by atoms with Crippen LogP contribution in [0, 0.1) is 0 Å². The van der Waals surface area contributed by atoms with Crippen molar-refractivity contribution in [3.8, 4) is 17.2 Å². The predicted octanol–water partition coefficient (Wildman–Crippen LogP) is 0.402. The highest BCUT2D eigenvalue weighted by Crippen LogP contribution is 2.36. The maximum absolute atomic E-state index is 9.68. The van der Waals surface area contributed by atoms with Crippen molar-refractivity contribution in [2.24, 2.45) is 5.73 Å². The van der Waals surface area contributed by atoms with Crippen LogP contribution in [0.15, 0.2) is 12.1 Å². The summed E-state index contributed by atoms with van der Waals surface area (Å²) in [5.74, 6) is 0.819. The van der Waals surface area contributed by atoms with Crippen LogP contribution in [0.2, 0.25) is 0 Å². The molecule has 15 heavy (non-hydrogen) atoms. The molecule has 0 aromatic heterocycles. The Morgan fingerprint density at radius 1 is 1.33 bits per heavy atom. The second-order valence-electron chi connectivity index (χ2n) is 3.05. The van der Waals surface area contributed by atoms with E-state index in [9.17, 15) is 5.11 Å². The van der Waals surface area contributed by atoms with Gasteiger partial charge in [-0.05, 0) is 0 Å². The molecule has 1 aromatic rings. The van der Waals surface area contributed by atoms with Crippen LogP contribution in [0.5, 0.6) is 17.2 Å². The molecule has 0 aliphatic heterocycles. The first-order valence-corrected chi connectivity index (χ1v) is 4.45. The molecule has 0 saturated heterocycles. The van der Waals surface area contributed by atoms with Crippen molar-refractivity contribution < 1.29 is 19.7 Å². The van der Waals surface area contributed by atoms with Crippen LogP contribution < -0.4 is 15.2 Å². The molecule has 0 spiro atoms. The highest BCUT2D eigenvalue weighted by molar-refractivity contribution is 5.51. The Hall–Kier alpha value is -1.46. The van der Waals surface area contributed by atoms with Gasteiger partial charge < -0.3 is 25.4 Å². The lowest BCUT2D eigenvalue weighted by Crippen LogP contribution is -2.15. The number of aliphatic hydroxyl groups is 1. The van der Waals surface area contributed by atoms with Crippen LogP contribution in [0.3, 0.4) is 0 Å². The molecule has 4 N–H and O–H groups in total. The van der Waals surface area contributed by atoms with Crippen molar-refractivity contribution in [2.75, 3.05) is 20.8 Å². The van der Waals surface area contributed by atoms with Gasteiger partial charge in [0.15, 0.2) is 0 Å². The van der Waals surface area contributed by atoms with Crippen LogP contribution in [0.1, 0.15) is 11.6 Å². The van der Waals surface area contributed by atoms with E-state index in [1.54, 1.807) is 6.07 Å². The van der Waals surface area contributed by atoms with E-state index >= 15 is 0 Å². The maximum Gasteiger partial charge on any atom is 0.131 e. The molecule has 0 radical (unpaired) electrons. The second-order valence-corrected chi connectivity index (χ2v) is 3.05. The largest absolute Gasteiger partial charge is 0.507 e. The Morgan fingerprint density at radius 2 is 2.00 bits per heavy atom. The van der Waals surface area contributed by atoms with E-state index in [0.717, 1.165) is 0 Å². The standard InChI is InChI=1S/C10H15NO4/c1-14-6-3-8(13)10(7(11)5-12)9(4-6)15-2/h3-4,7,12-13H,5,11H2,1-2H3. The Kier molecular flexibility index (Phi) is 3.76. The molecule has 1 atom stereocenters. The van der Waals surface area contributed by atoms with Crippen molar-refractivity contribution in [1.29, 1.82) is 0 Å². The third-order valence-electron chi connectivity index (χ3n) is 2.12. The molecule has 0 fully saturated rings. The fourth-order valence-electron chi connectivity index (χ4n) is 1.34. The van der Waals surface area contributed by atoms with Gasteiger partial charge in [-0.3, -0.25) is 0 Å².